The van der Waals surface area contributed by atoms with Gasteiger partial charge in [-0.25, -0.2) is 8.42 Å². The van der Waals surface area contributed by atoms with Gasteiger partial charge in [0.1, 0.15) is 5.75 Å². The Labute approximate surface area is 171 Å². The second-order valence-corrected chi connectivity index (χ2v) is 10.3. The molecule has 8 nitrogen and oxygen atoms in total. The smallest absolute Gasteiger partial charge is 0.303 e. The number of hydrogen-bond acceptors (Lipinski definition) is 6. The number of methoxy groups -OCH3 is 1. The van der Waals surface area contributed by atoms with Crippen LogP contribution in [0.4, 0.5) is 5.69 Å². The van der Waals surface area contributed by atoms with Crippen LogP contribution >= 0.6 is 23.4 Å². The number of aliphatic imine (C=N–C) groups is 1. The molecule has 2 aliphatic heterocycles. The summed E-state index contributed by atoms with van der Waals surface area (Å²) in [6.07, 6.45) is 0.0842. The van der Waals surface area contributed by atoms with Crippen molar-refractivity contribution in [3.05, 3.63) is 23.2 Å². The highest BCUT2D eigenvalue weighted by molar-refractivity contribution is 8.16. The molecule has 0 spiro atoms. The number of carbonyl (C=O) groups excluding carboxylic acids is 1. The van der Waals surface area contributed by atoms with Crippen molar-refractivity contribution in [2.45, 2.75) is 30.6 Å². The van der Waals surface area contributed by atoms with Crippen molar-refractivity contribution in [3.63, 3.8) is 0 Å². The molecule has 2 saturated heterocycles. The predicted molar refractivity (Wildman–Crippen MR) is 108 cm³/mol. The van der Waals surface area contributed by atoms with Gasteiger partial charge in [-0.3, -0.25) is 9.59 Å². The van der Waals surface area contributed by atoms with E-state index in [1.54, 1.807) is 23.1 Å². The van der Waals surface area contributed by atoms with Crippen LogP contribution < -0.4 is 9.64 Å². The largest absolute Gasteiger partial charge is 0.495 e. The second-order valence-electron chi connectivity index (χ2n) is 6.52. The minimum absolute atomic E-state index is 0.00448. The lowest BCUT2D eigenvalue weighted by molar-refractivity contribution is -0.137. The molecule has 2 unspecified atom stereocenters. The molecular formula is C17H19ClN2O6S2. The third kappa shape index (κ3) is 4.61. The standard InChI is InChI=1S/C17H19ClN2O6S2/c1-26-13-6-5-10(18)7-11(13)20-12-8-28(24,25)9-14(12)27-17(20)19-15(21)3-2-4-16(22)23/h5-7,12,14H,2-4,8-9H2,1H3,(H,22,23). The maximum absolute atomic E-state index is 12.2. The molecular weight excluding hydrogens is 428 g/mol. The summed E-state index contributed by atoms with van der Waals surface area (Å²) in [7, 11) is -1.70. The molecule has 0 bridgehead atoms. The summed E-state index contributed by atoms with van der Waals surface area (Å²) in [6, 6.07) is 4.60. The Morgan fingerprint density at radius 3 is 2.79 bits per heavy atom. The first-order chi connectivity index (χ1) is 13.2. The highest BCUT2D eigenvalue weighted by Gasteiger charge is 2.50. The van der Waals surface area contributed by atoms with Crippen molar-refractivity contribution in [2.24, 2.45) is 4.99 Å². The first kappa shape index (κ1) is 20.9. The molecule has 2 aliphatic rings. The van der Waals surface area contributed by atoms with Gasteiger partial charge in [0, 0.05) is 23.1 Å². The minimum atomic E-state index is -3.19. The molecule has 152 valence electrons. The monoisotopic (exact) mass is 446 g/mol. The number of hydrogen-bond donors (Lipinski definition) is 1. The van der Waals surface area contributed by atoms with Gasteiger partial charge >= 0.3 is 5.97 Å². The van der Waals surface area contributed by atoms with E-state index in [-0.39, 0.29) is 42.1 Å². The highest BCUT2D eigenvalue weighted by atomic mass is 35.5. The van der Waals surface area contributed by atoms with Gasteiger partial charge in [0.05, 0.1) is 30.3 Å². The molecule has 28 heavy (non-hydrogen) atoms. The molecule has 1 amide bonds. The zero-order chi connectivity index (χ0) is 20.5. The number of rotatable bonds is 6. The summed E-state index contributed by atoms with van der Waals surface area (Å²) in [5, 5.41) is 9.27. The van der Waals surface area contributed by atoms with Crippen LogP contribution in [0.5, 0.6) is 5.75 Å². The molecule has 1 aromatic carbocycles. The van der Waals surface area contributed by atoms with Crippen molar-refractivity contribution in [1.29, 1.82) is 0 Å². The van der Waals surface area contributed by atoms with E-state index in [0.717, 1.165) is 0 Å². The Morgan fingerprint density at radius 2 is 2.11 bits per heavy atom. The van der Waals surface area contributed by atoms with Gasteiger partial charge in [0.2, 0.25) is 5.91 Å². The van der Waals surface area contributed by atoms with Gasteiger partial charge in [0.15, 0.2) is 15.0 Å². The van der Waals surface area contributed by atoms with Crippen molar-refractivity contribution < 1.29 is 27.9 Å². The topological polar surface area (TPSA) is 113 Å². The SMILES string of the molecule is COc1ccc(Cl)cc1N1C(=NC(=O)CCCC(=O)O)SC2CS(=O)(=O)CC21. The predicted octanol–water partition coefficient (Wildman–Crippen LogP) is 2.20. The molecule has 0 aromatic heterocycles. The second kappa shape index (κ2) is 8.30. The Kier molecular flexibility index (Phi) is 6.21. The average molecular weight is 447 g/mol. The van der Waals surface area contributed by atoms with Gasteiger partial charge in [-0.15, -0.1) is 0 Å². The molecule has 1 N–H and O–H groups in total. The van der Waals surface area contributed by atoms with Gasteiger partial charge in [-0.2, -0.15) is 4.99 Å². The van der Waals surface area contributed by atoms with Crippen LogP contribution in [0.2, 0.25) is 5.02 Å². The fourth-order valence-corrected chi connectivity index (χ4v) is 7.34. The first-order valence-corrected chi connectivity index (χ1v) is 11.6. The molecule has 2 heterocycles. The molecule has 0 saturated carbocycles. The molecule has 11 heteroatoms. The van der Waals surface area contributed by atoms with Gasteiger partial charge in [-0.1, -0.05) is 23.4 Å². The van der Waals surface area contributed by atoms with E-state index >= 15 is 0 Å². The van der Waals surface area contributed by atoms with E-state index in [1.165, 1.54) is 18.9 Å². The summed E-state index contributed by atoms with van der Waals surface area (Å²) in [4.78, 5) is 28.7. The third-order valence-electron chi connectivity index (χ3n) is 4.47. The van der Waals surface area contributed by atoms with Crippen LogP contribution in [0.1, 0.15) is 19.3 Å². The van der Waals surface area contributed by atoms with Crippen molar-refractivity contribution in [1.82, 2.24) is 0 Å². The maximum atomic E-state index is 12.2. The van der Waals surface area contributed by atoms with E-state index in [4.69, 9.17) is 21.4 Å². The number of thioether (sulfide) groups is 1. The van der Waals surface area contributed by atoms with Crippen LogP contribution in [0.3, 0.4) is 0 Å². The fourth-order valence-electron chi connectivity index (χ4n) is 3.25. The van der Waals surface area contributed by atoms with E-state index < -0.39 is 21.7 Å². The summed E-state index contributed by atoms with van der Waals surface area (Å²) in [5.41, 5.74) is 0.546. The Bertz CT molecular complexity index is 934. The van der Waals surface area contributed by atoms with E-state index in [9.17, 15) is 18.0 Å². The number of sulfone groups is 1. The summed E-state index contributed by atoms with van der Waals surface area (Å²) in [5.74, 6) is -0.972. The number of aliphatic carboxylic acids is 1. The summed E-state index contributed by atoms with van der Waals surface area (Å²) < 4.78 is 29.6. The average Bonchev–Trinajstić information content (AvgIpc) is 3.05. The van der Waals surface area contributed by atoms with Crippen molar-refractivity contribution in [3.8, 4) is 5.75 Å². The van der Waals surface area contributed by atoms with Gasteiger partial charge in [0.25, 0.3) is 0 Å². The van der Waals surface area contributed by atoms with Crippen molar-refractivity contribution in [2.75, 3.05) is 23.5 Å². The van der Waals surface area contributed by atoms with E-state index in [2.05, 4.69) is 4.99 Å². The van der Waals surface area contributed by atoms with E-state index in [1.807, 2.05) is 0 Å². The number of amidine groups is 1. The highest BCUT2D eigenvalue weighted by Crippen LogP contribution is 2.44. The number of halogens is 1. The molecule has 0 radical (unpaired) electrons. The lowest BCUT2D eigenvalue weighted by atomic mass is 10.2. The minimum Gasteiger partial charge on any atom is -0.495 e. The lowest BCUT2D eigenvalue weighted by Crippen LogP contribution is -2.38. The number of fused-ring (bicyclic) bond motifs is 1. The summed E-state index contributed by atoms with van der Waals surface area (Å²) >= 11 is 7.37. The number of carbonyl (C=O) groups is 2. The first-order valence-electron chi connectivity index (χ1n) is 8.53. The van der Waals surface area contributed by atoms with Crippen molar-refractivity contribution >= 4 is 55.9 Å². The number of carboxylic acids is 1. The lowest BCUT2D eigenvalue weighted by Gasteiger charge is -2.26. The van der Waals surface area contributed by atoms with Crippen LogP contribution in [-0.4, -0.2) is 60.5 Å². The third-order valence-corrected chi connectivity index (χ3v) is 7.91. The van der Waals surface area contributed by atoms with Gasteiger partial charge in [-0.05, 0) is 24.6 Å². The number of anilines is 1. The van der Waals surface area contributed by atoms with Crippen LogP contribution in [0.15, 0.2) is 23.2 Å². The zero-order valence-corrected chi connectivity index (χ0v) is 17.4. The fraction of sp³-hybridized carbons (Fsp3) is 0.471. The number of benzene rings is 1. The molecule has 1 aromatic rings. The van der Waals surface area contributed by atoms with Crippen LogP contribution in [-0.2, 0) is 19.4 Å². The Hall–Kier alpha value is -1.78. The number of amides is 1. The van der Waals surface area contributed by atoms with Gasteiger partial charge < -0.3 is 14.7 Å². The zero-order valence-electron chi connectivity index (χ0n) is 15.0. The molecule has 2 fully saturated rings. The molecule has 0 aliphatic carbocycles. The number of carboxylic acid groups (broad SMARTS) is 1. The number of nitrogens with zero attached hydrogens (tertiary/aromatic N) is 2. The van der Waals surface area contributed by atoms with Crippen LogP contribution in [0.25, 0.3) is 0 Å². The quantitative estimate of drug-likeness (QED) is 0.707. The molecule has 3 rings (SSSR count). The Morgan fingerprint density at radius 1 is 1.36 bits per heavy atom. The molecule has 2 atom stereocenters. The Balaban J connectivity index is 1.94. The normalized spacial score (nSPS) is 24.4. The number of ether oxygens (including phenoxy) is 1. The summed E-state index contributed by atoms with van der Waals surface area (Å²) in [6.45, 7) is 0. The van der Waals surface area contributed by atoms with E-state index in [0.29, 0.717) is 21.6 Å². The van der Waals surface area contributed by atoms with Crippen LogP contribution in [0, 0.1) is 0 Å². The maximum Gasteiger partial charge on any atom is 0.303 e.